The number of amides is 3. The molecule has 0 aliphatic rings. The summed E-state index contributed by atoms with van der Waals surface area (Å²) >= 11 is 0. The van der Waals surface area contributed by atoms with E-state index in [2.05, 4.69) is 24.5 Å². The Balaban J connectivity index is 3.55. The van der Waals surface area contributed by atoms with Crippen LogP contribution < -0.4 is 10.6 Å². The molecule has 0 aliphatic carbocycles. The molecule has 0 fully saturated rings. The van der Waals surface area contributed by atoms with Crippen molar-refractivity contribution in [2.75, 3.05) is 6.54 Å². The predicted molar refractivity (Wildman–Crippen MR) is 166 cm³/mol. The topological polar surface area (TPSA) is 108 Å². The van der Waals surface area contributed by atoms with E-state index in [0.717, 1.165) is 44.9 Å². The molecule has 1 aromatic carbocycles. The van der Waals surface area contributed by atoms with Crippen LogP contribution in [0, 0.1) is 12.8 Å². The molecule has 234 valence electrons. The van der Waals surface area contributed by atoms with Gasteiger partial charge in [0.05, 0.1) is 0 Å². The van der Waals surface area contributed by atoms with Crippen LogP contribution in [0.5, 0.6) is 5.75 Å². The van der Waals surface area contributed by atoms with E-state index >= 15 is 0 Å². The Hall–Kier alpha value is -2.77. The molecule has 0 heterocycles. The van der Waals surface area contributed by atoms with Gasteiger partial charge in [-0.05, 0) is 76.6 Å². The van der Waals surface area contributed by atoms with E-state index in [4.69, 9.17) is 4.74 Å². The third-order valence-corrected chi connectivity index (χ3v) is 7.39. The number of aromatic hydroxyl groups is 1. The fourth-order valence-corrected chi connectivity index (χ4v) is 4.87. The van der Waals surface area contributed by atoms with Gasteiger partial charge in [0.15, 0.2) is 0 Å². The van der Waals surface area contributed by atoms with E-state index in [1.54, 1.807) is 50.8 Å². The largest absolute Gasteiger partial charge is 0.508 e. The lowest BCUT2D eigenvalue weighted by Crippen LogP contribution is -2.55. The van der Waals surface area contributed by atoms with Gasteiger partial charge in [0.2, 0.25) is 11.8 Å². The van der Waals surface area contributed by atoms with Gasteiger partial charge in [-0.15, -0.1) is 0 Å². The third-order valence-electron chi connectivity index (χ3n) is 7.39. The number of hydrogen-bond acceptors (Lipinski definition) is 5. The Morgan fingerprint density at radius 1 is 0.951 bits per heavy atom. The van der Waals surface area contributed by atoms with E-state index in [-0.39, 0.29) is 29.5 Å². The summed E-state index contributed by atoms with van der Waals surface area (Å²) in [6.07, 6.45) is 7.91. The average molecular weight is 576 g/mol. The summed E-state index contributed by atoms with van der Waals surface area (Å²) in [6, 6.07) is 3.20. The van der Waals surface area contributed by atoms with E-state index in [1.165, 1.54) is 6.42 Å². The summed E-state index contributed by atoms with van der Waals surface area (Å²) in [5.74, 6) is -0.639. The van der Waals surface area contributed by atoms with Gasteiger partial charge < -0.3 is 25.4 Å². The number of phenols is 1. The van der Waals surface area contributed by atoms with Crippen molar-refractivity contribution in [3.05, 3.63) is 29.3 Å². The van der Waals surface area contributed by atoms with Crippen LogP contribution in [0.4, 0.5) is 4.79 Å². The zero-order chi connectivity index (χ0) is 31.2. The monoisotopic (exact) mass is 575 g/mol. The first kappa shape index (κ1) is 36.3. The van der Waals surface area contributed by atoms with E-state index < -0.39 is 23.8 Å². The van der Waals surface area contributed by atoms with Crippen LogP contribution in [0.3, 0.4) is 0 Å². The van der Waals surface area contributed by atoms with Gasteiger partial charge in [-0.2, -0.15) is 0 Å². The standard InChI is InChI=1S/C33H57N3O5/c1-10-13-14-15-16-17-21-36(31(39)28(23(4)12-3)35-32(40)41-33(7,8)9)29(30(38)34-25(6)18-11-2)26-19-20-27(37)24(5)22-26/h19-20,22-23,25,28-29,37H,10-18,21H2,1-9H3,(H,34,38)(H,35,40). The lowest BCUT2D eigenvalue weighted by atomic mass is 9.94. The first-order valence-corrected chi connectivity index (χ1v) is 15.6. The first-order valence-electron chi connectivity index (χ1n) is 15.6. The van der Waals surface area contributed by atoms with Crippen LogP contribution in [0.1, 0.15) is 130 Å². The number of carbonyl (C=O) groups excluding carboxylic acids is 3. The highest BCUT2D eigenvalue weighted by atomic mass is 16.6. The van der Waals surface area contributed by atoms with Crippen molar-refractivity contribution >= 4 is 17.9 Å². The molecule has 1 aromatic rings. The fraction of sp³-hybridized carbons (Fsp3) is 0.727. The molecule has 0 radical (unpaired) electrons. The molecule has 0 aliphatic heterocycles. The minimum atomic E-state index is -0.913. The number of hydrogen-bond donors (Lipinski definition) is 3. The highest BCUT2D eigenvalue weighted by Crippen LogP contribution is 2.29. The lowest BCUT2D eigenvalue weighted by Gasteiger charge is -2.36. The molecular formula is C33H57N3O5. The first-order chi connectivity index (χ1) is 19.2. The summed E-state index contributed by atoms with van der Waals surface area (Å²) in [4.78, 5) is 42.8. The van der Waals surface area contributed by atoms with Gasteiger partial charge in [0, 0.05) is 12.6 Å². The fourth-order valence-electron chi connectivity index (χ4n) is 4.87. The van der Waals surface area contributed by atoms with Crippen molar-refractivity contribution < 1.29 is 24.2 Å². The Morgan fingerprint density at radius 3 is 2.15 bits per heavy atom. The van der Waals surface area contributed by atoms with Gasteiger partial charge in [-0.3, -0.25) is 9.59 Å². The van der Waals surface area contributed by atoms with Gasteiger partial charge in [0.25, 0.3) is 0 Å². The molecule has 41 heavy (non-hydrogen) atoms. The second-order valence-corrected chi connectivity index (χ2v) is 12.5. The minimum Gasteiger partial charge on any atom is -0.508 e. The Labute approximate surface area is 249 Å². The molecule has 4 unspecified atom stereocenters. The summed E-state index contributed by atoms with van der Waals surface area (Å²) in [5.41, 5.74) is 0.535. The Kier molecular flexibility index (Phi) is 15.8. The second kappa shape index (κ2) is 17.9. The van der Waals surface area contributed by atoms with Crippen molar-refractivity contribution in [3.8, 4) is 5.75 Å². The van der Waals surface area contributed by atoms with Crippen LogP contribution in [-0.4, -0.2) is 52.1 Å². The van der Waals surface area contributed by atoms with E-state index in [9.17, 15) is 19.5 Å². The van der Waals surface area contributed by atoms with Crippen LogP contribution >= 0.6 is 0 Å². The van der Waals surface area contributed by atoms with Crippen molar-refractivity contribution in [1.82, 2.24) is 15.5 Å². The van der Waals surface area contributed by atoms with Crippen molar-refractivity contribution in [2.45, 2.75) is 144 Å². The smallest absolute Gasteiger partial charge is 0.408 e. The predicted octanol–water partition coefficient (Wildman–Crippen LogP) is 7.18. The van der Waals surface area contributed by atoms with Gasteiger partial charge >= 0.3 is 6.09 Å². The van der Waals surface area contributed by atoms with Crippen molar-refractivity contribution in [1.29, 1.82) is 0 Å². The third kappa shape index (κ3) is 12.7. The van der Waals surface area contributed by atoms with E-state index in [0.29, 0.717) is 24.1 Å². The zero-order valence-electron chi connectivity index (χ0n) is 27.1. The summed E-state index contributed by atoms with van der Waals surface area (Å²) in [5, 5.41) is 16.2. The molecule has 8 heteroatoms. The maximum absolute atomic E-state index is 14.4. The normalized spacial score (nSPS) is 14.5. The highest BCUT2D eigenvalue weighted by molar-refractivity contribution is 5.92. The molecule has 3 N–H and O–H groups in total. The summed E-state index contributed by atoms with van der Waals surface area (Å²) in [7, 11) is 0. The molecular weight excluding hydrogens is 518 g/mol. The Bertz CT molecular complexity index is 959. The number of nitrogens with zero attached hydrogens (tertiary/aromatic N) is 1. The van der Waals surface area contributed by atoms with Crippen LogP contribution in [0.2, 0.25) is 0 Å². The molecule has 0 saturated carbocycles. The maximum atomic E-state index is 14.4. The zero-order valence-corrected chi connectivity index (χ0v) is 27.1. The molecule has 8 nitrogen and oxygen atoms in total. The van der Waals surface area contributed by atoms with Crippen LogP contribution in [-0.2, 0) is 14.3 Å². The number of rotatable bonds is 17. The van der Waals surface area contributed by atoms with Gasteiger partial charge in [-0.1, -0.05) is 78.7 Å². The number of nitrogens with one attached hydrogen (secondary N) is 2. The second-order valence-electron chi connectivity index (χ2n) is 12.5. The van der Waals surface area contributed by atoms with Gasteiger partial charge in [-0.25, -0.2) is 4.79 Å². The molecule has 4 atom stereocenters. The van der Waals surface area contributed by atoms with Gasteiger partial charge in [0.1, 0.15) is 23.4 Å². The lowest BCUT2D eigenvalue weighted by molar-refractivity contribution is -0.143. The number of aryl methyl sites for hydroxylation is 1. The van der Waals surface area contributed by atoms with E-state index in [1.807, 2.05) is 20.8 Å². The van der Waals surface area contributed by atoms with Crippen LogP contribution in [0.25, 0.3) is 0 Å². The van der Waals surface area contributed by atoms with Crippen molar-refractivity contribution in [2.24, 2.45) is 5.92 Å². The molecule has 0 spiro atoms. The number of unbranched alkanes of at least 4 members (excludes halogenated alkanes) is 5. The number of phenolic OH excluding ortho intramolecular Hbond substituents is 1. The number of benzene rings is 1. The average Bonchev–Trinajstić information content (AvgIpc) is 2.88. The summed E-state index contributed by atoms with van der Waals surface area (Å²) < 4.78 is 5.50. The SMILES string of the molecule is CCCCCCCCN(C(=O)C(NC(=O)OC(C)(C)C)C(C)CC)C(C(=O)NC(C)CCC)c1ccc(O)c(C)c1. The number of carbonyl (C=O) groups is 3. The molecule has 3 amide bonds. The molecule has 0 saturated heterocycles. The quantitative estimate of drug-likeness (QED) is 0.171. The Morgan fingerprint density at radius 2 is 1.59 bits per heavy atom. The minimum absolute atomic E-state index is 0.0653. The van der Waals surface area contributed by atoms with Crippen LogP contribution in [0.15, 0.2) is 18.2 Å². The maximum Gasteiger partial charge on any atom is 0.408 e. The summed E-state index contributed by atoms with van der Waals surface area (Å²) in [6.45, 7) is 17.6. The number of alkyl carbamates (subject to hydrolysis) is 1. The molecule has 1 rings (SSSR count). The highest BCUT2D eigenvalue weighted by Gasteiger charge is 2.38. The molecule has 0 bridgehead atoms. The van der Waals surface area contributed by atoms with Crippen molar-refractivity contribution in [3.63, 3.8) is 0 Å². The molecule has 0 aromatic heterocycles. The number of ether oxygens (including phenoxy) is 1.